The summed E-state index contributed by atoms with van der Waals surface area (Å²) in [4.78, 5) is 14.3. The second-order valence-electron chi connectivity index (χ2n) is 7.33. The van der Waals surface area contributed by atoms with E-state index in [1.165, 1.54) is 19.3 Å². The molecule has 118 valence electrons. The van der Waals surface area contributed by atoms with Gasteiger partial charge in [-0.1, -0.05) is 20.8 Å². The van der Waals surface area contributed by atoms with Crippen LogP contribution in [0.25, 0.3) is 0 Å². The molecular weight excluding hydrogens is 250 g/mol. The van der Waals surface area contributed by atoms with Gasteiger partial charge >= 0.3 is 0 Å². The number of likely N-dealkylation sites (tertiary alicyclic amines) is 1. The van der Waals surface area contributed by atoms with Crippen molar-refractivity contribution < 1.29 is 4.79 Å². The molecule has 2 unspecified atom stereocenters. The molecule has 4 nitrogen and oxygen atoms in total. The van der Waals surface area contributed by atoms with E-state index in [0.717, 1.165) is 26.1 Å². The van der Waals surface area contributed by atoms with Crippen molar-refractivity contribution in [1.82, 2.24) is 10.2 Å². The Morgan fingerprint density at radius 2 is 2.05 bits per heavy atom. The fourth-order valence-electron chi connectivity index (χ4n) is 3.25. The topological polar surface area (TPSA) is 58.4 Å². The molecule has 1 saturated heterocycles. The Balaban J connectivity index is 2.65. The molecule has 1 rings (SSSR count). The van der Waals surface area contributed by atoms with Crippen LogP contribution in [0, 0.1) is 5.41 Å². The lowest BCUT2D eigenvalue weighted by atomic mass is 9.85. The Morgan fingerprint density at radius 1 is 1.40 bits per heavy atom. The van der Waals surface area contributed by atoms with E-state index in [2.05, 4.69) is 31.0 Å². The van der Waals surface area contributed by atoms with E-state index in [-0.39, 0.29) is 5.91 Å². The third-order valence-electron chi connectivity index (χ3n) is 4.81. The highest BCUT2D eigenvalue weighted by Crippen LogP contribution is 2.31. The molecule has 20 heavy (non-hydrogen) atoms. The second-order valence-corrected chi connectivity index (χ2v) is 7.33. The van der Waals surface area contributed by atoms with E-state index in [1.54, 1.807) is 0 Å². The molecule has 1 fully saturated rings. The molecule has 4 heteroatoms. The lowest BCUT2D eigenvalue weighted by Gasteiger charge is -2.35. The molecule has 0 bridgehead atoms. The first kappa shape index (κ1) is 17.4. The van der Waals surface area contributed by atoms with Crippen LogP contribution in [0.2, 0.25) is 0 Å². The number of likely N-dealkylation sites (N-methyl/N-ethyl adjacent to an activating group) is 1. The first-order chi connectivity index (χ1) is 9.20. The molecular formula is C16H33N3O. The molecule has 0 aliphatic carbocycles. The van der Waals surface area contributed by atoms with Crippen LogP contribution in [-0.2, 0) is 4.79 Å². The molecule has 3 N–H and O–H groups in total. The van der Waals surface area contributed by atoms with Gasteiger partial charge in [-0.15, -0.1) is 0 Å². The van der Waals surface area contributed by atoms with E-state index in [1.807, 2.05) is 13.8 Å². The summed E-state index contributed by atoms with van der Waals surface area (Å²) in [7, 11) is 0. The van der Waals surface area contributed by atoms with Gasteiger partial charge in [-0.05, 0) is 64.6 Å². The van der Waals surface area contributed by atoms with E-state index >= 15 is 0 Å². The first-order valence-electron chi connectivity index (χ1n) is 7.99. The van der Waals surface area contributed by atoms with E-state index < -0.39 is 5.54 Å². The van der Waals surface area contributed by atoms with Gasteiger partial charge in [0, 0.05) is 6.04 Å². The van der Waals surface area contributed by atoms with E-state index in [0.29, 0.717) is 11.5 Å². The van der Waals surface area contributed by atoms with Gasteiger partial charge in [0.1, 0.15) is 0 Å². The van der Waals surface area contributed by atoms with Gasteiger partial charge < -0.3 is 16.0 Å². The molecule has 1 amide bonds. The van der Waals surface area contributed by atoms with Crippen LogP contribution in [-0.4, -0.2) is 42.0 Å². The minimum atomic E-state index is -0.601. The molecule has 0 aromatic heterocycles. The highest BCUT2D eigenvalue weighted by atomic mass is 16.1. The van der Waals surface area contributed by atoms with Gasteiger partial charge in [0.15, 0.2) is 0 Å². The van der Waals surface area contributed by atoms with Gasteiger partial charge in [0.2, 0.25) is 5.91 Å². The van der Waals surface area contributed by atoms with Gasteiger partial charge in [-0.3, -0.25) is 4.79 Å². The molecule has 2 atom stereocenters. The maximum atomic E-state index is 11.7. The molecule has 0 saturated carbocycles. The average molecular weight is 283 g/mol. The Hall–Kier alpha value is -0.610. The Labute approximate surface area is 124 Å². The number of hydrogen-bond acceptors (Lipinski definition) is 3. The van der Waals surface area contributed by atoms with E-state index in [9.17, 15) is 4.79 Å². The molecule has 0 aromatic rings. The van der Waals surface area contributed by atoms with Crippen LogP contribution in [0.15, 0.2) is 0 Å². The quantitative estimate of drug-likeness (QED) is 0.785. The summed E-state index contributed by atoms with van der Waals surface area (Å²) in [6.45, 7) is 13.9. The standard InChI is InChI=1S/C16H33N3O/c1-6-18-16(5,14(17)20)12-13(2)19-10-7-8-15(3,4)9-11-19/h13,18H,6-12H2,1-5H3,(H2,17,20). The Morgan fingerprint density at radius 3 is 2.60 bits per heavy atom. The van der Waals surface area contributed by atoms with Crippen molar-refractivity contribution >= 4 is 5.91 Å². The van der Waals surface area contributed by atoms with Crippen LogP contribution in [0.3, 0.4) is 0 Å². The molecule has 0 spiro atoms. The van der Waals surface area contributed by atoms with Crippen molar-refractivity contribution in [2.45, 2.75) is 71.9 Å². The second kappa shape index (κ2) is 6.90. The maximum Gasteiger partial charge on any atom is 0.237 e. The zero-order valence-electron chi connectivity index (χ0n) is 14.0. The number of rotatable bonds is 6. The highest BCUT2D eigenvalue weighted by molar-refractivity contribution is 5.84. The number of carbonyl (C=O) groups excluding carboxylic acids is 1. The van der Waals surface area contributed by atoms with Gasteiger partial charge in [0.25, 0.3) is 0 Å². The predicted molar refractivity (Wildman–Crippen MR) is 84.6 cm³/mol. The van der Waals surface area contributed by atoms with Crippen molar-refractivity contribution in [3.8, 4) is 0 Å². The maximum absolute atomic E-state index is 11.7. The fraction of sp³-hybridized carbons (Fsp3) is 0.938. The highest BCUT2D eigenvalue weighted by Gasteiger charge is 2.34. The Bertz CT molecular complexity index is 330. The fourth-order valence-corrected chi connectivity index (χ4v) is 3.25. The SMILES string of the molecule is CCNC(C)(CC(C)N1CCCC(C)(C)CC1)C(N)=O. The normalized spacial score (nSPS) is 24.6. The van der Waals surface area contributed by atoms with Gasteiger partial charge in [0.05, 0.1) is 5.54 Å². The molecule has 0 radical (unpaired) electrons. The summed E-state index contributed by atoms with van der Waals surface area (Å²) >= 11 is 0. The van der Waals surface area contributed by atoms with Crippen LogP contribution >= 0.6 is 0 Å². The molecule has 1 aliphatic rings. The van der Waals surface area contributed by atoms with Gasteiger partial charge in [-0.25, -0.2) is 0 Å². The molecule has 1 heterocycles. The number of primary amides is 1. The largest absolute Gasteiger partial charge is 0.368 e. The minimum Gasteiger partial charge on any atom is -0.368 e. The third kappa shape index (κ3) is 4.74. The van der Waals surface area contributed by atoms with Crippen LogP contribution in [0.4, 0.5) is 0 Å². The van der Waals surface area contributed by atoms with E-state index in [4.69, 9.17) is 5.73 Å². The molecule has 1 aliphatic heterocycles. The smallest absolute Gasteiger partial charge is 0.237 e. The number of nitrogens with one attached hydrogen (secondary N) is 1. The number of amides is 1. The lowest BCUT2D eigenvalue weighted by Crippen LogP contribution is -2.56. The third-order valence-corrected chi connectivity index (χ3v) is 4.81. The summed E-state index contributed by atoms with van der Waals surface area (Å²) in [5.41, 5.74) is 5.44. The van der Waals surface area contributed by atoms with Gasteiger partial charge in [-0.2, -0.15) is 0 Å². The lowest BCUT2D eigenvalue weighted by molar-refractivity contribution is -0.124. The summed E-state index contributed by atoms with van der Waals surface area (Å²) in [5.74, 6) is -0.249. The zero-order valence-corrected chi connectivity index (χ0v) is 14.0. The zero-order chi connectivity index (χ0) is 15.4. The number of nitrogens with two attached hydrogens (primary N) is 1. The number of hydrogen-bond donors (Lipinski definition) is 2. The van der Waals surface area contributed by atoms with Crippen LogP contribution in [0.1, 0.15) is 60.3 Å². The summed E-state index contributed by atoms with van der Waals surface area (Å²) in [5, 5.41) is 3.26. The minimum absolute atomic E-state index is 0.249. The Kier molecular flexibility index (Phi) is 6.02. The average Bonchev–Trinajstić information content (AvgIpc) is 2.50. The first-order valence-corrected chi connectivity index (χ1v) is 7.99. The van der Waals surface area contributed by atoms with Crippen molar-refractivity contribution in [2.24, 2.45) is 11.1 Å². The predicted octanol–water partition coefficient (Wildman–Crippen LogP) is 2.13. The van der Waals surface area contributed by atoms with Crippen molar-refractivity contribution in [1.29, 1.82) is 0 Å². The number of nitrogens with zero attached hydrogens (tertiary/aromatic N) is 1. The van der Waals surface area contributed by atoms with Crippen molar-refractivity contribution in [3.63, 3.8) is 0 Å². The molecule has 0 aromatic carbocycles. The number of carbonyl (C=O) groups is 1. The monoisotopic (exact) mass is 283 g/mol. The summed E-state index contributed by atoms with van der Waals surface area (Å²) in [6.07, 6.45) is 4.53. The van der Waals surface area contributed by atoms with Crippen molar-refractivity contribution in [2.75, 3.05) is 19.6 Å². The van der Waals surface area contributed by atoms with Crippen LogP contribution in [0.5, 0.6) is 0 Å². The van der Waals surface area contributed by atoms with Crippen LogP contribution < -0.4 is 11.1 Å². The van der Waals surface area contributed by atoms with Crippen molar-refractivity contribution in [3.05, 3.63) is 0 Å². The summed E-state index contributed by atoms with van der Waals surface area (Å²) in [6, 6.07) is 0.375. The summed E-state index contributed by atoms with van der Waals surface area (Å²) < 4.78 is 0.